The van der Waals surface area contributed by atoms with E-state index in [0.29, 0.717) is 0 Å². The quantitative estimate of drug-likeness (QED) is 0.160. The molecule has 0 amide bonds. The van der Waals surface area contributed by atoms with E-state index < -0.39 is 23.5 Å². The van der Waals surface area contributed by atoms with Crippen LogP contribution in [0.4, 0.5) is 0 Å². The van der Waals surface area contributed by atoms with Crippen molar-refractivity contribution in [3.8, 4) is 0 Å². The van der Waals surface area contributed by atoms with E-state index in [4.69, 9.17) is 18.8 Å². The first-order chi connectivity index (χ1) is 13.4. The van der Waals surface area contributed by atoms with Gasteiger partial charge in [0.2, 0.25) is 0 Å². The standard InChI is InChI=1S/C16H37O10P3.Nd/c1-5-9-11-15(7-3)13-23-29(22,24-14-16(8-4)12-10-6-2)26-28(20,21)25-27(17,18)19;/h15-16H,5-14H2,1-4H3,(H,20,21)(H2,17,18,19);. The van der Waals surface area contributed by atoms with Gasteiger partial charge in [-0.05, 0) is 24.7 Å². The topological polar surface area (TPSA) is 149 Å². The molecule has 10 nitrogen and oxygen atoms in total. The van der Waals surface area contributed by atoms with Crippen molar-refractivity contribution in [3.05, 3.63) is 0 Å². The van der Waals surface area contributed by atoms with Crippen LogP contribution in [0.15, 0.2) is 0 Å². The van der Waals surface area contributed by atoms with Gasteiger partial charge in [0.15, 0.2) is 0 Å². The van der Waals surface area contributed by atoms with Gasteiger partial charge in [0.25, 0.3) is 0 Å². The Kier molecular flexibility index (Phi) is 19.5. The van der Waals surface area contributed by atoms with Crippen molar-refractivity contribution in [2.75, 3.05) is 13.2 Å². The van der Waals surface area contributed by atoms with Crippen LogP contribution >= 0.6 is 23.5 Å². The van der Waals surface area contributed by atoms with E-state index in [1.807, 2.05) is 27.7 Å². The van der Waals surface area contributed by atoms with Crippen LogP contribution in [0.1, 0.15) is 79.1 Å². The average Bonchev–Trinajstić information content (AvgIpc) is 2.59. The van der Waals surface area contributed by atoms with Gasteiger partial charge in [0.1, 0.15) is 0 Å². The molecule has 0 rings (SSSR count). The first kappa shape index (κ1) is 33.9. The minimum atomic E-state index is -5.39. The van der Waals surface area contributed by atoms with Crippen molar-refractivity contribution < 1.29 is 86.9 Å². The van der Waals surface area contributed by atoms with Gasteiger partial charge >= 0.3 is 23.5 Å². The molecule has 30 heavy (non-hydrogen) atoms. The monoisotopic (exact) mass is 624 g/mol. The van der Waals surface area contributed by atoms with E-state index in [1.165, 1.54) is 0 Å². The van der Waals surface area contributed by atoms with Crippen LogP contribution in [0.3, 0.4) is 0 Å². The minimum Gasteiger partial charge on any atom is -0.302 e. The second kappa shape index (κ2) is 17.2. The number of phosphoric ester groups is 1. The summed E-state index contributed by atoms with van der Waals surface area (Å²) >= 11 is 0. The molecule has 3 atom stereocenters. The van der Waals surface area contributed by atoms with Gasteiger partial charge in [0, 0.05) is 40.8 Å². The summed E-state index contributed by atoms with van der Waals surface area (Å²) in [5.74, 6) is 0.0524. The largest absolute Gasteiger partial charge is 0.490 e. The van der Waals surface area contributed by atoms with Crippen LogP contribution in [0, 0.1) is 52.7 Å². The maximum absolute atomic E-state index is 13.0. The fourth-order valence-electron chi connectivity index (χ4n) is 2.55. The van der Waals surface area contributed by atoms with Crippen molar-refractivity contribution in [1.29, 1.82) is 0 Å². The number of hydrogen-bond acceptors (Lipinski definition) is 7. The molecule has 0 bridgehead atoms. The van der Waals surface area contributed by atoms with Crippen LogP contribution in [0.2, 0.25) is 0 Å². The molecule has 0 saturated carbocycles. The maximum atomic E-state index is 13.0. The molecule has 0 aromatic carbocycles. The molecule has 0 fully saturated rings. The van der Waals surface area contributed by atoms with E-state index in [-0.39, 0.29) is 65.9 Å². The van der Waals surface area contributed by atoms with E-state index in [2.05, 4.69) is 8.62 Å². The Labute approximate surface area is 213 Å². The summed E-state index contributed by atoms with van der Waals surface area (Å²) in [6.07, 6.45) is 6.87. The van der Waals surface area contributed by atoms with Gasteiger partial charge in [-0.25, -0.2) is 13.7 Å². The Morgan fingerprint density at radius 1 is 0.733 bits per heavy atom. The minimum absolute atomic E-state index is 0. The van der Waals surface area contributed by atoms with Crippen molar-refractivity contribution >= 4 is 23.5 Å². The molecule has 3 unspecified atom stereocenters. The molecule has 0 radical (unpaired) electrons. The summed E-state index contributed by atoms with van der Waals surface area (Å²) in [5.41, 5.74) is 0. The summed E-state index contributed by atoms with van der Waals surface area (Å²) in [7, 11) is -15.4. The second-order valence-electron chi connectivity index (χ2n) is 6.99. The van der Waals surface area contributed by atoms with Crippen molar-refractivity contribution in [2.45, 2.75) is 79.1 Å². The third-order valence-electron chi connectivity index (χ3n) is 4.44. The number of hydrogen-bond donors (Lipinski definition) is 3. The van der Waals surface area contributed by atoms with Crippen molar-refractivity contribution in [2.24, 2.45) is 11.8 Å². The third-order valence-corrected chi connectivity index (χ3v) is 8.67. The Morgan fingerprint density at radius 2 is 1.13 bits per heavy atom. The normalized spacial score (nSPS) is 18.1. The van der Waals surface area contributed by atoms with Crippen LogP contribution in [0.5, 0.6) is 0 Å². The average molecular weight is 627 g/mol. The van der Waals surface area contributed by atoms with Gasteiger partial charge in [-0.1, -0.05) is 66.2 Å². The fourth-order valence-corrected chi connectivity index (χ4v) is 6.26. The summed E-state index contributed by atoms with van der Waals surface area (Å²) in [6.45, 7) is 7.84. The van der Waals surface area contributed by atoms with Gasteiger partial charge in [-0.3, -0.25) is 9.05 Å². The second-order valence-corrected chi connectivity index (χ2v) is 11.6. The van der Waals surface area contributed by atoms with Gasteiger partial charge in [-0.2, -0.15) is 8.62 Å². The number of rotatable bonds is 18. The first-order valence-electron chi connectivity index (χ1n) is 10.1. The molecule has 180 valence electrons. The molecule has 0 aromatic heterocycles. The Morgan fingerprint density at radius 3 is 1.43 bits per heavy atom. The Hall–Kier alpha value is 1.76. The molecule has 0 aliphatic rings. The Bertz CT molecular complexity index is 562. The maximum Gasteiger partial charge on any atom is 0.490 e. The van der Waals surface area contributed by atoms with Crippen molar-refractivity contribution in [1.82, 2.24) is 0 Å². The predicted octanol–water partition coefficient (Wildman–Crippen LogP) is 5.79. The van der Waals surface area contributed by atoms with E-state index in [9.17, 15) is 18.6 Å². The summed E-state index contributed by atoms with van der Waals surface area (Å²) < 4.78 is 54.6. The smallest absolute Gasteiger partial charge is 0.302 e. The summed E-state index contributed by atoms with van der Waals surface area (Å²) in [5, 5.41) is 0. The molecule has 0 aromatic rings. The zero-order chi connectivity index (χ0) is 22.6. The summed E-state index contributed by atoms with van der Waals surface area (Å²) in [4.78, 5) is 27.1. The van der Waals surface area contributed by atoms with E-state index >= 15 is 0 Å². The van der Waals surface area contributed by atoms with Crippen LogP contribution in [-0.4, -0.2) is 27.9 Å². The van der Waals surface area contributed by atoms with Crippen molar-refractivity contribution in [3.63, 3.8) is 0 Å². The molecule has 14 heteroatoms. The fraction of sp³-hybridized carbons (Fsp3) is 1.00. The van der Waals surface area contributed by atoms with E-state index in [1.54, 1.807) is 0 Å². The van der Waals surface area contributed by atoms with Crippen LogP contribution in [0.25, 0.3) is 0 Å². The zero-order valence-corrected chi connectivity index (χ0v) is 24.2. The SMILES string of the molecule is CCCCC(CC)COP(=O)(OCC(CC)CCCC)OP(=O)(O)OP(=O)(O)O.[Nd]. The molecule has 0 aliphatic heterocycles. The molecular formula is C16H37NdO10P3. The van der Waals surface area contributed by atoms with Crippen LogP contribution < -0.4 is 0 Å². The number of unbranched alkanes of at least 4 members (excludes halogenated alkanes) is 2. The summed E-state index contributed by atoms with van der Waals surface area (Å²) in [6, 6.07) is 0. The zero-order valence-electron chi connectivity index (χ0n) is 18.3. The van der Waals surface area contributed by atoms with Gasteiger partial charge in [0.05, 0.1) is 13.2 Å². The first-order valence-corrected chi connectivity index (χ1v) is 14.6. The molecule has 0 heterocycles. The van der Waals surface area contributed by atoms with Gasteiger partial charge < -0.3 is 14.7 Å². The van der Waals surface area contributed by atoms with Gasteiger partial charge in [-0.15, -0.1) is 0 Å². The molecule has 3 N–H and O–H groups in total. The third kappa shape index (κ3) is 17.3. The molecule has 0 spiro atoms. The van der Waals surface area contributed by atoms with Crippen LogP contribution in [-0.2, 0) is 31.4 Å². The number of phosphoric acid groups is 3. The molecular weight excluding hydrogens is 589 g/mol. The predicted molar refractivity (Wildman–Crippen MR) is 110 cm³/mol. The Balaban J connectivity index is 0. The molecule has 0 saturated heterocycles. The van der Waals surface area contributed by atoms with E-state index in [0.717, 1.165) is 51.4 Å². The molecule has 0 aliphatic carbocycles.